The van der Waals surface area contributed by atoms with Gasteiger partial charge in [0.25, 0.3) is 0 Å². The third kappa shape index (κ3) is 4.77. The number of rotatable bonds is 6. The summed E-state index contributed by atoms with van der Waals surface area (Å²) in [5, 5.41) is 2.84. The van der Waals surface area contributed by atoms with Crippen LogP contribution in [0.1, 0.15) is 40.5 Å². The van der Waals surface area contributed by atoms with Crippen LogP contribution >= 0.6 is 0 Å². The Kier molecular flexibility index (Phi) is 6.48. The zero-order chi connectivity index (χ0) is 16.9. The number of ether oxygens (including phenoxy) is 1. The lowest BCUT2D eigenvalue weighted by atomic mass is 9.78. The number of hydrogen-bond donors (Lipinski definition) is 1. The van der Waals surface area contributed by atoms with E-state index >= 15 is 0 Å². The molecule has 0 saturated carbocycles. The van der Waals surface area contributed by atoms with Gasteiger partial charge in [-0.15, -0.1) is 0 Å². The maximum atomic E-state index is 12.6. The Labute approximate surface area is 132 Å². The van der Waals surface area contributed by atoms with Crippen LogP contribution in [0.4, 0.5) is 0 Å². The molecule has 3 atom stereocenters. The molecule has 1 aliphatic rings. The van der Waals surface area contributed by atoms with Crippen LogP contribution in [-0.4, -0.2) is 37.2 Å². The van der Waals surface area contributed by atoms with Gasteiger partial charge < -0.3 is 10.1 Å². The molecule has 0 aromatic heterocycles. The normalized spacial score (nSPS) is 23.0. The van der Waals surface area contributed by atoms with Gasteiger partial charge in [0.15, 0.2) is 11.6 Å². The topological polar surface area (TPSA) is 72.5 Å². The number of ketones is 2. The number of allylic oxidation sites excluding steroid dienone is 2. The molecule has 1 amide bonds. The summed E-state index contributed by atoms with van der Waals surface area (Å²) >= 11 is 0. The van der Waals surface area contributed by atoms with Gasteiger partial charge >= 0.3 is 0 Å². The quantitative estimate of drug-likeness (QED) is 0.761. The van der Waals surface area contributed by atoms with Crippen molar-refractivity contribution in [3.05, 3.63) is 12.2 Å². The van der Waals surface area contributed by atoms with Gasteiger partial charge in [0.05, 0.1) is 12.0 Å². The van der Waals surface area contributed by atoms with E-state index in [0.717, 1.165) is 0 Å². The second kappa shape index (κ2) is 7.68. The van der Waals surface area contributed by atoms with E-state index in [1.165, 1.54) is 14.0 Å². The Morgan fingerprint density at radius 2 is 1.73 bits per heavy atom. The van der Waals surface area contributed by atoms with Crippen molar-refractivity contribution < 1.29 is 19.1 Å². The van der Waals surface area contributed by atoms with Gasteiger partial charge in [-0.1, -0.05) is 32.9 Å². The fourth-order valence-electron chi connectivity index (χ4n) is 2.89. The molecule has 1 aliphatic carbocycles. The largest absolute Gasteiger partial charge is 0.377 e. The lowest BCUT2D eigenvalue weighted by Gasteiger charge is -2.33. The minimum atomic E-state index is -0.552. The summed E-state index contributed by atoms with van der Waals surface area (Å²) in [5.74, 6) is -1.18. The van der Waals surface area contributed by atoms with E-state index in [9.17, 15) is 14.4 Å². The van der Waals surface area contributed by atoms with Crippen LogP contribution in [0.3, 0.4) is 0 Å². The summed E-state index contributed by atoms with van der Waals surface area (Å²) in [7, 11) is 1.47. The van der Waals surface area contributed by atoms with Crippen LogP contribution in [0.25, 0.3) is 0 Å². The molecule has 0 aromatic carbocycles. The summed E-state index contributed by atoms with van der Waals surface area (Å²) in [6, 6.07) is -0.552. The van der Waals surface area contributed by atoms with E-state index < -0.39 is 12.0 Å². The molecule has 0 saturated heterocycles. The number of nitrogens with one attached hydrogen (secondary N) is 1. The number of Topliss-reactive ketones (excluding diaryl/α,β-unsaturated/α-hetero) is 2. The molecule has 22 heavy (non-hydrogen) atoms. The minimum absolute atomic E-state index is 0.0116. The van der Waals surface area contributed by atoms with Crippen LogP contribution < -0.4 is 5.32 Å². The van der Waals surface area contributed by atoms with Gasteiger partial charge in [0, 0.05) is 13.0 Å². The van der Waals surface area contributed by atoms with Gasteiger partial charge in [-0.3, -0.25) is 14.4 Å². The maximum absolute atomic E-state index is 12.6. The number of amides is 1. The predicted molar refractivity (Wildman–Crippen MR) is 84.3 cm³/mol. The number of methoxy groups -OCH3 is 1. The molecule has 0 spiro atoms. The maximum Gasteiger partial charge on any atom is 0.224 e. The van der Waals surface area contributed by atoms with Gasteiger partial charge in [0.2, 0.25) is 5.91 Å². The third-order valence-corrected chi connectivity index (χ3v) is 4.03. The highest BCUT2D eigenvalue weighted by molar-refractivity contribution is 5.93. The van der Waals surface area contributed by atoms with Crippen LogP contribution in [0.2, 0.25) is 0 Å². The standard InChI is InChI=1S/C17H27NO4/c1-11(19)15(17(2,3)4)18-16(21)13-9-7-6-8-12(13)14(20)10-22-5/h6-7,12-13,15H,8-10H2,1-5H3,(H,18,21). The zero-order valence-corrected chi connectivity index (χ0v) is 14.1. The van der Waals surface area contributed by atoms with Crippen molar-refractivity contribution in [3.8, 4) is 0 Å². The predicted octanol–water partition coefficient (Wildman–Crippen LogP) is 1.90. The van der Waals surface area contributed by atoms with Crippen molar-refractivity contribution in [1.82, 2.24) is 5.32 Å². The van der Waals surface area contributed by atoms with Gasteiger partial charge in [-0.25, -0.2) is 0 Å². The Morgan fingerprint density at radius 3 is 2.18 bits per heavy atom. The molecule has 0 bridgehead atoms. The van der Waals surface area contributed by atoms with Crippen molar-refractivity contribution >= 4 is 17.5 Å². The Morgan fingerprint density at radius 1 is 1.18 bits per heavy atom. The highest BCUT2D eigenvalue weighted by Crippen LogP contribution is 2.28. The van der Waals surface area contributed by atoms with E-state index in [0.29, 0.717) is 12.8 Å². The first-order valence-corrected chi connectivity index (χ1v) is 7.66. The van der Waals surface area contributed by atoms with Crippen LogP contribution in [-0.2, 0) is 19.1 Å². The third-order valence-electron chi connectivity index (χ3n) is 4.03. The summed E-state index contributed by atoms with van der Waals surface area (Å²) in [4.78, 5) is 36.5. The van der Waals surface area contributed by atoms with E-state index in [1.807, 2.05) is 32.9 Å². The highest BCUT2D eigenvalue weighted by Gasteiger charge is 2.37. The molecule has 5 nitrogen and oxygen atoms in total. The average Bonchev–Trinajstić information content (AvgIpc) is 2.43. The fraction of sp³-hybridized carbons (Fsp3) is 0.706. The highest BCUT2D eigenvalue weighted by atomic mass is 16.5. The van der Waals surface area contributed by atoms with Crippen LogP contribution in [0.15, 0.2) is 12.2 Å². The molecule has 5 heteroatoms. The van der Waals surface area contributed by atoms with Crippen LogP contribution in [0, 0.1) is 17.3 Å². The van der Waals surface area contributed by atoms with Crippen molar-refractivity contribution in [2.45, 2.75) is 46.6 Å². The summed E-state index contributed by atoms with van der Waals surface area (Å²) in [6.45, 7) is 7.22. The lowest BCUT2D eigenvalue weighted by Crippen LogP contribution is -2.51. The van der Waals surface area contributed by atoms with Crippen molar-refractivity contribution in [3.63, 3.8) is 0 Å². The fourth-order valence-corrected chi connectivity index (χ4v) is 2.89. The van der Waals surface area contributed by atoms with Crippen molar-refractivity contribution in [2.24, 2.45) is 17.3 Å². The van der Waals surface area contributed by atoms with E-state index in [1.54, 1.807) is 0 Å². The van der Waals surface area contributed by atoms with Crippen LogP contribution in [0.5, 0.6) is 0 Å². The molecule has 1 N–H and O–H groups in total. The molecular formula is C17H27NO4. The first-order chi connectivity index (χ1) is 10.2. The monoisotopic (exact) mass is 309 g/mol. The van der Waals surface area contributed by atoms with Gasteiger partial charge in [-0.05, 0) is 25.2 Å². The van der Waals surface area contributed by atoms with Gasteiger partial charge in [-0.2, -0.15) is 0 Å². The Hall–Kier alpha value is -1.49. The SMILES string of the molecule is COCC(=O)C1CC=CCC1C(=O)NC(C(C)=O)C(C)(C)C. The smallest absolute Gasteiger partial charge is 0.224 e. The molecule has 0 radical (unpaired) electrons. The lowest BCUT2D eigenvalue weighted by molar-refractivity contribution is -0.138. The summed E-state index contributed by atoms with van der Waals surface area (Å²) < 4.78 is 4.90. The second-order valence-corrected chi connectivity index (χ2v) is 6.97. The molecule has 0 fully saturated rings. The molecule has 0 heterocycles. The molecule has 124 valence electrons. The number of hydrogen-bond acceptors (Lipinski definition) is 4. The minimum Gasteiger partial charge on any atom is -0.377 e. The Balaban J connectivity index is 2.87. The molecule has 0 aromatic rings. The van der Waals surface area contributed by atoms with E-state index in [-0.39, 0.29) is 35.4 Å². The molecular weight excluding hydrogens is 282 g/mol. The van der Waals surface area contributed by atoms with E-state index in [4.69, 9.17) is 4.74 Å². The average molecular weight is 309 g/mol. The van der Waals surface area contributed by atoms with Gasteiger partial charge in [0.1, 0.15) is 6.61 Å². The Bertz CT molecular complexity index is 462. The summed E-state index contributed by atoms with van der Waals surface area (Å²) in [6.07, 6.45) is 4.90. The molecule has 0 aliphatic heterocycles. The van der Waals surface area contributed by atoms with Crippen molar-refractivity contribution in [2.75, 3.05) is 13.7 Å². The zero-order valence-electron chi connectivity index (χ0n) is 14.1. The molecule has 1 rings (SSSR count). The van der Waals surface area contributed by atoms with E-state index in [2.05, 4.69) is 5.32 Å². The van der Waals surface area contributed by atoms with Crippen molar-refractivity contribution in [1.29, 1.82) is 0 Å². The molecule has 3 unspecified atom stereocenters. The number of carbonyl (C=O) groups excluding carboxylic acids is 3. The summed E-state index contributed by atoms with van der Waals surface area (Å²) in [5.41, 5.74) is -0.363. The first-order valence-electron chi connectivity index (χ1n) is 7.66. The number of carbonyl (C=O) groups is 3. The first kappa shape index (κ1) is 18.6. The second-order valence-electron chi connectivity index (χ2n) is 6.97.